The summed E-state index contributed by atoms with van der Waals surface area (Å²) in [6, 6.07) is 52.8. The van der Waals surface area contributed by atoms with Crippen LogP contribution in [0.1, 0.15) is 26.3 Å². The molecule has 0 bridgehead atoms. The molecule has 0 amide bonds. The third-order valence-corrected chi connectivity index (χ3v) is 11.2. The topological polar surface area (TPSA) is 38.9 Å². The molecule has 0 atom stereocenters. The number of pyridine rings is 2. The molecule has 3 nitrogen and oxygen atoms in total. The van der Waals surface area contributed by atoms with E-state index in [1.807, 2.05) is 48.8 Å². The number of rotatable bonds is 5. The first-order valence-corrected chi connectivity index (χ1v) is 21.0. The van der Waals surface area contributed by atoms with E-state index >= 15 is 0 Å². The molecule has 1 radical (unpaired) electrons. The first-order chi connectivity index (χ1) is 24.5. The molecule has 0 saturated carbocycles. The fraction of sp³-hybridized carbons (Fsp3) is 0.149. The molecule has 0 spiro atoms. The van der Waals surface area contributed by atoms with Crippen LogP contribution in [-0.2, 0) is 25.5 Å². The molecule has 0 fully saturated rings. The monoisotopic (exact) mass is 871 g/mol. The molecule has 52 heavy (non-hydrogen) atoms. The van der Waals surface area contributed by atoms with E-state index in [4.69, 9.17) is 4.42 Å². The predicted octanol–water partition coefficient (Wildman–Crippen LogP) is 12.2. The second-order valence-electron chi connectivity index (χ2n) is 15.0. The Labute approximate surface area is 322 Å². The van der Waals surface area contributed by atoms with Crippen molar-refractivity contribution in [2.75, 3.05) is 0 Å². The van der Waals surface area contributed by atoms with Crippen molar-refractivity contribution in [3.63, 3.8) is 0 Å². The molecule has 8 aromatic rings. The SMILES string of the molecule is CC(C)(C)c1ccnc(-c2[c-]c3oc4cc(-c5ccccc5)cc(-c5ccccc5)c4c3cc2)c1.C[Si](C)(C)c1ccc(-c2[c-]cccc2)nc1.[Ir]. The molecule has 0 aliphatic heterocycles. The Hall–Kier alpha value is -4.93. The molecule has 0 N–H and O–H groups in total. The van der Waals surface area contributed by atoms with E-state index in [2.05, 4.69) is 160 Å². The third-order valence-electron chi connectivity index (χ3n) is 9.20. The number of nitrogens with zero attached hydrogens (tertiary/aromatic N) is 2. The number of hydrogen-bond donors (Lipinski definition) is 0. The van der Waals surface area contributed by atoms with Crippen molar-refractivity contribution in [3.05, 3.63) is 164 Å². The molecule has 3 aromatic heterocycles. The molecule has 0 aliphatic rings. The fourth-order valence-corrected chi connectivity index (χ4v) is 7.26. The number of benzene rings is 5. The minimum Gasteiger partial charge on any atom is -0.476 e. The fourth-order valence-electron chi connectivity index (χ4n) is 6.22. The van der Waals surface area contributed by atoms with E-state index in [1.54, 1.807) is 0 Å². The van der Waals surface area contributed by atoms with Crippen LogP contribution in [0.25, 0.3) is 66.7 Å². The summed E-state index contributed by atoms with van der Waals surface area (Å²) in [5, 5.41) is 3.58. The van der Waals surface area contributed by atoms with Gasteiger partial charge in [0.25, 0.3) is 0 Å². The van der Waals surface area contributed by atoms with Crippen molar-refractivity contribution in [2.45, 2.75) is 45.8 Å². The average Bonchev–Trinajstić information content (AvgIpc) is 3.53. The average molecular weight is 871 g/mol. The van der Waals surface area contributed by atoms with E-state index in [-0.39, 0.29) is 25.5 Å². The number of fused-ring (bicyclic) bond motifs is 3. The zero-order valence-corrected chi connectivity index (χ0v) is 33.9. The van der Waals surface area contributed by atoms with Crippen LogP contribution in [0.5, 0.6) is 0 Å². The molecule has 3 heterocycles. The summed E-state index contributed by atoms with van der Waals surface area (Å²) in [5.41, 5.74) is 11.5. The van der Waals surface area contributed by atoms with Crippen molar-refractivity contribution in [3.8, 4) is 44.8 Å². The van der Waals surface area contributed by atoms with Crippen LogP contribution < -0.4 is 5.19 Å². The van der Waals surface area contributed by atoms with Gasteiger partial charge in [0.1, 0.15) is 5.58 Å². The Morgan fingerprint density at radius 2 is 1.35 bits per heavy atom. The Morgan fingerprint density at radius 3 is 1.98 bits per heavy atom. The minimum atomic E-state index is -1.23. The normalized spacial score (nSPS) is 11.5. The maximum Gasteiger partial charge on any atom is 0.124 e. The van der Waals surface area contributed by atoms with Crippen molar-refractivity contribution < 1.29 is 24.5 Å². The van der Waals surface area contributed by atoms with E-state index in [0.717, 1.165) is 55.6 Å². The summed E-state index contributed by atoms with van der Waals surface area (Å²) in [7, 11) is -1.23. The van der Waals surface area contributed by atoms with Crippen molar-refractivity contribution in [1.82, 2.24) is 9.97 Å². The zero-order chi connectivity index (χ0) is 35.6. The molecule has 8 rings (SSSR count). The Bertz CT molecular complexity index is 2410. The number of furan rings is 1. The quantitative estimate of drug-likeness (QED) is 0.128. The molecular formula is C47H42IrN2OSi-2. The number of hydrogen-bond acceptors (Lipinski definition) is 3. The van der Waals surface area contributed by atoms with Crippen LogP contribution in [0.15, 0.2) is 150 Å². The molecule has 5 heteroatoms. The zero-order valence-electron chi connectivity index (χ0n) is 30.5. The first-order valence-electron chi connectivity index (χ1n) is 17.5. The molecule has 0 unspecified atom stereocenters. The summed E-state index contributed by atoms with van der Waals surface area (Å²) in [4.78, 5) is 9.15. The van der Waals surface area contributed by atoms with Gasteiger partial charge >= 0.3 is 0 Å². The van der Waals surface area contributed by atoms with Gasteiger partial charge in [-0.05, 0) is 73.4 Å². The van der Waals surface area contributed by atoms with E-state index in [9.17, 15) is 0 Å². The van der Waals surface area contributed by atoms with Gasteiger partial charge in [-0.15, -0.1) is 53.6 Å². The summed E-state index contributed by atoms with van der Waals surface area (Å²) in [5.74, 6) is 0. The second kappa shape index (κ2) is 15.4. The van der Waals surface area contributed by atoms with Crippen LogP contribution in [-0.4, -0.2) is 18.0 Å². The third kappa shape index (κ3) is 8.08. The summed E-state index contributed by atoms with van der Waals surface area (Å²) in [6.07, 6.45) is 3.90. The van der Waals surface area contributed by atoms with Crippen LogP contribution in [0.2, 0.25) is 19.6 Å². The Kier molecular flexibility index (Phi) is 10.9. The van der Waals surface area contributed by atoms with E-state index in [1.165, 1.54) is 21.9 Å². The summed E-state index contributed by atoms with van der Waals surface area (Å²) in [6.45, 7) is 13.6. The predicted molar refractivity (Wildman–Crippen MR) is 217 cm³/mol. The minimum absolute atomic E-state index is 0. The van der Waals surface area contributed by atoms with Crippen LogP contribution in [0, 0.1) is 12.1 Å². The van der Waals surface area contributed by atoms with Crippen LogP contribution >= 0.6 is 0 Å². The number of aromatic nitrogens is 2. The molecule has 261 valence electrons. The molecule has 0 saturated heterocycles. The van der Waals surface area contributed by atoms with Crippen LogP contribution in [0.4, 0.5) is 0 Å². The first kappa shape index (κ1) is 36.8. The van der Waals surface area contributed by atoms with Crippen molar-refractivity contribution in [1.29, 1.82) is 0 Å². The van der Waals surface area contributed by atoms with Crippen LogP contribution in [0.3, 0.4) is 0 Å². The maximum absolute atomic E-state index is 6.45. The van der Waals surface area contributed by atoms with Gasteiger partial charge in [-0.3, -0.25) is 0 Å². The Morgan fingerprint density at radius 1 is 0.635 bits per heavy atom. The van der Waals surface area contributed by atoms with Gasteiger partial charge in [0.2, 0.25) is 0 Å². The van der Waals surface area contributed by atoms with Gasteiger partial charge < -0.3 is 14.4 Å². The summed E-state index contributed by atoms with van der Waals surface area (Å²) < 4.78 is 6.45. The van der Waals surface area contributed by atoms with Gasteiger partial charge in [-0.25, -0.2) is 0 Å². The van der Waals surface area contributed by atoms with Crippen molar-refractivity contribution >= 4 is 35.2 Å². The van der Waals surface area contributed by atoms with Gasteiger partial charge in [0, 0.05) is 32.5 Å². The standard InChI is InChI=1S/C33H26NO.C14H16NSi.Ir/c1-33(2,3)26-16-17-34-29(21-26)24-14-15-27-30(19-24)35-31-20-25(22-10-6-4-7-11-22)18-28(32(27)31)23-12-8-5-9-13-23;1-16(2,3)13-9-10-14(15-11-13)12-7-5-4-6-8-12;/h4-18,20-21H,1-3H3;4-7,9-11H,1-3H3;/q2*-1;. The largest absolute Gasteiger partial charge is 0.476 e. The van der Waals surface area contributed by atoms with Gasteiger partial charge in [-0.2, -0.15) is 0 Å². The Balaban J connectivity index is 0.000000230. The molecule has 0 aliphatic carbocycles. The second-order valence-corrected chi connectivity index (χ2v) is 20.1. The van der Waals surface area contributed by atoms with Gasteiger partial charge in [-0.1, -0.05) is 131 Å². The maximum atomic E-state index is 6.45. The van der Waals surface area contributed by atoms with E-state index in [0.29, 0.717) is 0 Å². The molecular weight excluding hydrogens is 829 g/mol. The van der Waals surface area contributed by atoms with Crippen molar-refractivity contribution in [2.24, 2.45) is 0 Å². The molecule has 5 aromatic carbocycles. The summed E-state index contributed by atoms with van der Waals surface area (Å²) >= 11 is 0. The smallest absolute Gasteiger partial charge is 0.124 e. The van der Waals surface area contributed by atoms with E-state index < -0.39 is 8.07 Å². The van der Waals surface area contributed by atoms with Gasteiger partial charge in [0.15, 0.2) is 0 Å². The van der Waals surface area contributed by atoms with Gasteiger partial charge in [0.05, 0.1) is 13.7 Å².